The Hall–Kier alpha value is -1.85. The monoisotopic (exact) mass is 281 g/mol. The van der Waals surface area contributed by atoms with Crippen molar-refractivity contribution in [1.82, 2.24) is 4.98 Å². The summed E-state index contributed by atoms with van der Waals surface area (Å²) in [7, 11) is 0. The van der Waals surface area contributed by atoms with Crippen LogP contribution < -0.4 is 0 Å². The summed E-state index contributed by atoms with van der Waals surface area (Å²) in [6.45, 7) is 1.48. The number of hydrogen-bond donors (Lipinski definition) is 1. The lowest BCUT2D eigenvalue weighted by molar-refractivity contribution is 0.0470. The van der Waals surface area contributed by atoms with Gasteiger partial charge in [0, 0.05) is 11.8 Å². The molecule has 0 spiro atoms. The Balaban J connectivity index is 2.01. The van der Waals surface area contributed by atoms with Crippen LogP contribution in [0.3, 0.4) is 0 Å². The first-order valence-corrected chi connectivity index (χ1v) is 5.95. The Labute approximate surface area is 114 Å². The third kappa shape index (κ3) is 3.33. The molecule has 2 rings (SSSR count). The van der Waals surface area contributed by atoms with Crippen molar-refractivity contribution >= 4 is 17.6 Å². The van der Waals surface area contributed by atoms with Gasteiger partial charge in [-0.2, -0.15) is 0 Å². The summed E-state index contributed by atoms with van der Waals surface area (Å²) in [5, 5.41) is 9.31. The minimum absolute atomic E-state index is 0.0993. The van der Waals surface area contributed by atoms with E-state index in [0.717, 1.165) is 5.56 Å². The molecule has 0 atom stereocenters. The second-order valence-electron chi connectivity index (χ2n) is 3.91. The fraction of sp³-hybridized carbons (Fsp3) is 0.231. The van der Waals surface area contributed by atoms with E-state index in [0.29, 0.717) is 22.2 Å². The van der Waals surface area contributed by atoms with E-state index < -0.39 is 5.97 Å². The molecule has 0 fully saturated rings. The summed E-state index contributed by atoms with van der Waals surface area (Å²) in [6, 6.07) is 4.82. The smallest absolute Gasteiger partial charge is 0.342 e. The van der Waals surface area contributed by atoms with Crippen LogP contribution in [0, 0.1) is 6.92 Å². The molecule has 0 amide bonds. The molecule has 0 aliphatic carbocycles. The number of furan rings is 1. The van der Waals surface area contributed by atoms with Crippen LogP contribution in [-0.2, 0) is 18.0 Å². The topological polar surface area (TPSA) is 72.6 Å². The molecular weight excluding hydrogens is 270 g/mol. The number of ether oxygens (including phenoxy) is 1. The summed E-state index contributed by atoms with van der Waals surface area (Å²) < 4.78 is 10.3. The maximum Gasteiger partial charge on any atom is 0.342 e. The third-order valence-corrected chi connectivity index (χ3v) is 2.73. The lowest BCUT2D eigenvalue weighted by atomic mass is 10.2. The van der Waals surface area contributed by atoms with Crippen LogP contribution in [0.1, 0.15) is 27.4 Å². The van der Waals surface area contributed by atoms with Gasteiger partial charge in [-0.15, -0.1) is 0 Å². The molecule has 100 valence electrons. The zero-order valence-corrected chi connectivity index (χ0v) is 11.0. The van der Waals surface area contributed by atoms with Gasteiger partial charge in [-0.05, 0) is 19.1 Å². The van der Waals surface area contributed by atoms with E-state index in [1.54, 1.807) is 19.1 Å². The highest BCUT2D eigenvalue weighted by molar-refractivity contribution is 6.29. The molecule has 0 aliphatic heterocycles. The number of pyridine rings is 1. The first kappa shape index (κ1) is 13.6. The molecule has 0 aliphatic rings. The Morgan fingerprint density at radius 2 is 2.32 bits per heavy atom. The minimum Gasteiger partial charge on any atom is -0.463 e. The number of halogens is 1. The van der Waals surface area contributed by atoms with Crippen molar-refractivity contribution in [2.75, 3.05) is 0 Å². The molecule has 0 bridgehead atoms. The molecular formula is C13H12ClNO4. The van der Waals surface area contributed by atoms with E-state index >= 15 is 0 Å². The summed E-state index contributed by atoms with van der Waals surface area (Å²) in [5.41, 5.74) is 1.05. The van der Waals surface area contributed by atoms with E-state index in [1.807, 2.05) is 0 Å². The average molecular weight is 282 g/mol. The van der Waals surface area contributed by atoms with Gasteiger partial charge in [-0.25, -0.2) is 9.78 Å². The van der Waals surface area contributed by atoms with Gasteiger partial charge in [0.15, 0.2) is 0 Å². The summed E-state index contributed by atoms with van der Waals surface area (Å²) in [6.07, 6.45) is 1.54. The zero-order chi connectivity index (χ0) is 13.8. The first-order chi connectivity index (χ1) is 9.10. The van der Waals surface area contributed by atoms with Crippen molar-refractivity contribution in [2.45, 2.75) is 20.1 Å². The Morgan fingerprint density at radius 3 is 2.89 bits per heavy atom. The molecule has 5 nitrogen and oxygen atoms in total. The maximum absolute atomic E-state index is 11.8. The highest BCUT2D eigenvalue weighted by atomic mass is 35.5. The van der Waals surface area contributed by atoms with Crippen LogP contribution in [0.15, 0.2) is 28.8 Å². The number of carbonyl (C=O) groups is 1. The number of aryl methyl sites for hydroxylation is 1. The Morgan fingerprint density at radius 1 is 1.53 bits per heavy atom. The van der Waals surface area contributed by atoms with Gasteiger partial charge in [-0.3, -0.25) is 0 Å². The van der Waals surface area contributed by atoms with Crippen LogP contribution in [0.5, 0.6) is 0 Å². The highest BCUT2D eigenvalue weighted by Crippen LogP contribution is 2.16. The first-order valence-electron chi connectivity index (χ1n) is 5.58. The largest absolute Gasteiger partial charge is 0.463 e. The van der Waals surface area contributed by atoms with Crippen LogP contribution >= 0.6 is 11.6 Å². The number of carbonyl (C=O) groups excluding carboxylic acids is 1. The number of nitrogens with zero attached hydrogens (tertiary/aromatic N) is 1. The van der Waals surface area contributed by atoms with Gasteiger partial charge in [0.25, 0.3) is 0 Å². The second kappa shape index (κ2) is 5.86. The molecule has 2 aromatic rings. The third-order valence-electron chi connectivity index (χ3n) is 2.50. The molecule has 0 aromatic carbocycles. The molecule has 0 saturated carbocycles. The number of esters is 1. The van der Waals surface area contributed by atoms with Crippen molar-refractivity contribution in [3.8, 4) is 0 Å². The zero-order valence-electron chi connectivity index (χ0n) is 10.2. The number of aromatic nitrogens is 1. The number of aliphatic hydroxyl groups excluding tert-OH is 1. The standard InChI is InChI=1S/C13H12ClNO4/c1-8-11(4-10(6-16)19-8)13(17)18-7-9-2-3-12(14)15-5-9/h2-5,16H,6-7H2,1H3. The van der Waals surface area contributed by atoms with Crippen molar-refractivity contribution in [3.05, 3.63) is 52.2 Å². The van der Waals surface area contributed by atoms with E-state index in [2.05, 4.69) is 4.98 Å². The molecule has 6 heteroatoms. The fourth-order valence-corrected chi connectivity index (χ4v) is 1.65. The predicted molar refractivity (Wildman–Crippen MR) is 67.7 cm³/mol. The normalized spacial score (nSPS) is 10.5. The van der Waals surface area contributed by atoms with Crippen LogP contribution in [0.4, 0.5) is 0 Å². The minimum atomic E-state index is -0.504. The fourth-order valence-electron chi connectivity index (χ4n) is 1.54. The van der Waals surface area contributed by atoms with Crippen LogP contribution in [0.2, 0.25) is 5.15 Å². The van der Waals surface area contributed by atoms with Crippen molar-refractivity contribution in [1.29, 1.82) is 0 Å². The van der Waals surface area contributed by atoms with E-state index in [4.69, 9.17) is 25.9 Å². The van der Waals surface area contributed by atoms with Crippen molar-refractivity contribution in [2.24, 2.45) is 0 Å². The molecule has 1 N–H and O–H groups in total. The number of hydrogen-bond acceptors (Lipinski definition) is 5. The van der Waals surface area contributed by atoms with Gasteiger partial charge in [0.1, 0.15) is 35.5 Å². The number of aliphatic hydroxyl groups is 1. The quantitative estimate of drug-likeness (QED) is 0.688. The molecule has 2 aromatic heterocycles. The van der Waals surface area contributed by atoms with Gasteiger partial charge >= 0.3 is 5.97 Å². The van der Waals surface area contributed by atoms with Gasteiger partial charge in [0.2, 0.25) is 0 Å². The average Bonchev–Trinajstić information content (AvgIpc) is 2.79. The van der Waals surface area contributed by atoms with E-state index in [-0.39, 0.29) is 13.2 Å². The molecule has 0 saturated heterocycles. The summed E-state index contributed by atoms with van der Waals surface area (Å²) >= 11 is 5.65. The van der Waals surface area contributed by atoms with Crippen molar-refractivity contribution in [3.63, 3.8) is 0 Å². The summed E-state index contributed by atoms with van der Waals surface area (Å²) in [5.74, 6) is 0.247. The Bertz CT molecular complexity index is 577. The van der Waals surface area contributed by atoms with Gasteiger partial charge in [-0.1, -0.05) is 17.7 Å². The van der Waals surface area contributed by atoms with E-state index in [1.165, 1.54) is 12.3 Å². The molecule has 2 heterocycles. The molecule has 19 heavy (non-hydrogen) atoms. The van der Waals surface area contributed by atoms with E-state index in [9.17, 15) is 4.79 Å². The molecule has 0 unspecified atom stereocenters. The maximum atomic E-state index is 11.8. The van der Waals surface area contributed by atoms with Crippen LogP contribution in [-0.4, -0.2) is 16.1 Å². The second-order valence-corrected chi connectivity index (χ2v) is 4.29. The lowest BCUT2D eigenvalue weighted by Crippen LogP contribution is -2.05. The predicted octanol–water partition coefficient (Wildman–Crippen LogP) is 2.49. The van der Waals surface area contributed by atoms with Gasteiger partial charge < -0.3 is 14.3 Å². The van der Waals surface area contributed by atoms with Crippen molar-refractivity contribution < 1.29 is 19.1 Å². The molecule has 0 radical (unpaired) electrons. The SMILES string of the molecule is Cc1oc(CO)cc1C(=O)OCc1ccc(Cl)nc1. The summed E-state index contributed by atoms with van der Waals surface area (Å²) in [4.78, 5) is 15.7. The Kier molecular flexibility index (Phi) is 4.19. The number of rotatable bonds is 4. The van der Waals surface area contributed by atoms with Crippen LogP contribution in [0.25, 0.3) is 0 Å². The lowest BCUT2D eigenvalue weighted by Gasteiger charge is -2.03. The highest BCUT2D eigenvalue weighted by Gasteiger charge is 2.16. The van der Waals surface area contributed by atoms with Gasteiger partial charge in [0.05, 0.1) is 0 Å².